The first kappa shape index (κ1) is 19.2. The lowest BCUT2D eigenvalue weighted by Gasteiger charge is -2.23. The molecule has 1 aromatic heterocycles. The lowest BCUT2D eigenvalue weighted by Crippen LogP contribution is -2.21. The molecule has 144 valence electrons. The van der Waals surface area contributed by atoms with Crippen molar-refractivity contribution in [2.24, 2.45) is 0 Å². The van der Waals surface area contributed by atoms with Gasteiger partial charge in [0.15, 0.2) is 5.78 Å². The first-order valence-electron chi connectivity index (χ1n) is 9.01. The minimum Gasteiger partial charge on any atom is -0.507 e. The summed E-state index contributed by atoms with van der Waals surface area (Å²) in [5, 5.41) is 21.2. The van der Waals surface area contributed by atoms with Crippen LogP contribution < -0.4 is 5.63 Å². The average Bonchev–Trinajstić information content (AvgIpc) is 2.59. The summed E-state index contributed by atoms with van der Waals surface area (Å²) in [6.07, 6.45) is 0.581. The van der Waals surface area contributed by atoms with Crippen LogP contribution in [0.5, 0.6) is 5.75 Å². The van der Waals surface area contributed by atoms with Crippen LogP contribution in [0.1, 0.15) is 55.4 Å². The number of hydrogen-bond donors (Lipinski definition) is 2. The molecule has 27 heavy (non-hydrogen) atoms. The van der Waals surface area contributed by atoms with Crippen LogP contribution in [0.25, 0.3) is 16.7 Å². The summed E-state index contributed by atoms with van der Waals surface area (Å²) >= 11 is 0. The number of aromatic hydroxyl groups is 1. The second-order valence-corrected chi connectivity index (χ2v) is 7.34. The number of allylic oxidation sites excluding steroid dienone is 1. The number of phenols is 1. The fraction of sp³-hybridized carbons (Fsp3) is 0.429. The molecule has 3 rings (SSSR count). The maximum absolute atomic E-state index is 12.6. The van der Waals surface area contributed by atoms with E-state index in [4.69, 9.17) is 9.15 Å². The molecule has 1 aliphatic rings. The normalized spacial score (nSPS) is 19.6. The highest BCUT2D eigenvalue weighted by Gasteiger charge is 2.26. The van der Waals surface area contributed by atoms with E-state index in [0.29, 0.717) is 22.1 Å². The van der Waals surface area contributed by atoms with E-state index in [1.54, 1.807) is 33.8 Å². The van der Waals surface area contributed by atoms with Gasteiger partial charge in [-0.15, -0.1) is 0 Å². The van der Waals surface area contributed by atoms with Crippen molar-refractivity contribution in [3.8, 4) is 5.75 Å². The van der Waals surface area contributed by atoms with E-state index in [9.17, 15) is 19.8 Å². The van der Waals surface area contributed by atoms with Crippen molar-refractivity contribution in [1.29, 1.82) is 0 Å². The van der Waals surface area contributed by atoms with Crippen LogP contribution in [0.15, 0.2) is 21.4 Å². The summed E-state index contributed by atoms with van der Waals surface area (Å²) in [7, 11) is 0. The monoisotopic (exact) mass is 372 g/mol. The molecule has 0 aliphatic carbocycles. The summed E-state index contributed by atoms with van der Waals surface area (Å²) in [5.41, 5.74) is 1.56. The molecule has 0 radical (unpaired) electrons. The number of benzene rings is 1. The van der Waals surface area contributed by atoms with Gasteiger partial charge in [0.25, 0.3) is 0 Å². The van der Waals surface area contributed by atoms with Gasteiger partial charge in [-0.2, -0.15) is 0 Å². The van der Waals surface area contributed by atoms with Crippen molar-refractivity contribution in [1.82, 2.24) is 0 Å². The number of carbonyl (C=O) groups is 1. The van der Waals surface area contributed by atoms with Gasteiger partial charge in [0.05, 0.1) is 6.10 Å². The van der Waals surface area contributed by atoms with E-state index in [1.165, 1.54) is 6.08 Å². The fourth-order valence-corrected chi connectivity index (χ4v) is 3.59. The number of ether oxygens (including phenoxy) is 1. The maximum atomic E-state index is 12.6. The number of ketones is 1. The zero-order valence-corrected chi connectivity index (χ0v) is 16.1. The molecule has 3 atom stereocenters. The van der Waals surface area contributed by atoms with Gasteiger partial charge in [-0.3, -0.25) is 4.79 Å². The summed E-state index contributed by atoms with van der Waals surface area (Å²) < 4.78 is 11.2. The Balaban J connectivity index is 2.36. The molecule has 0 bridgehead atoms. The molecule has 6 heteroatoms. The van der Waals surface area contributed by atoms with Crippen molar-refractivity contribution in [3.63, 3.8) is 0 Å². The Morgan fingerprint density at radius 2 is 1.85 bits per heavy atom. The Bertz CT molecular complexity index is 1010. The molecule has 2 N–H and O–H groups in total. The third kappa shape index (κ3) is 3.25. The number of fused-ring (bicyclic) bond motifs is 1. The zero-order valence-electron chi connectivity index (χ0n) is 16.1. The topological polar surface area (TPSA) is 97.0 Å². The van der Waals surface area contributed by atoms with E-state index in [2.05, 4.69) is 0 Å². The minimum absolute atomic E-state index is 0.0397. The number of aryl methyl sites for hydroxylation is 1. The molecule has 1 aromatic carbocycles. The van der Waals surface area contributed by atoms with E-state index < -0.39 is 11.7 Å². The maximum Gasteiger partial charge on any atom is 0.347 e. The Morgan fingerprint density at radius 3 is 2.44 bits per heavy atom. The molecular weight excluding hydrogens is 348 g/mol. The standard InChI is InChI=1S/C21H24O6/c1-9-6-14(23)7-17(26-9)15-8-16-18(10(2)13(5)22)11(3)19(24)12(4)20(16)27-21(15)25/h7-10,13,22,24H,6H2,1-5H3/t9-,10+,13+/m1/s1. The van der Waals surface area contributed by atoms with Crippen LogP contribution in [0, 0.1) is 13.8 Å². The van der Waals surface area contributed by atoms with Gasteiger partial charge < -0.3 is 19.4 Å². The van der Waals surface area contributed by atoms with Gasteiger partial charge in [-0.25, -0.2) is 4.79 Å². The predicted molar refractivity (Wildman–Crippen MR) is 102 cm³/mol. The molecule has 0 saturated heterocycles. The summed E-state index contributed by atoms with van der Waals surface area (Å²) in [4.78, 5) is 24.5. The lowest BCUT2D eigenvalue weighted by molar-refractivity contribution is -0.117. The number of aliphatic hydroxyl groups is 1. The van der Waals surface area contributed by atoms with Crippen molar-refractivity contribution in [2.75, 3.05) is 0 Å². The van der Waals surface area contributed by atoms with Crippen molar-refractivity contribution in [3.05, 3.63) is 44.8 Å². The van der Waals surface area contributed by atoms with Crippen LogP contribution in [0.4, 0.5) is 0 Å². The summed E-state index contributed by atoms with van der Waals surface area (Å²) in [6.45, 7) is 8.71. The number of carbonyl (C=O) groups excluding carboxylic acids is 1. The van der Waals surface area contributed by atoms with E-state index in [1.807, 2.05) is 6.92 Å². The first-order chi connectivity index (χ1) is 12.6. The van der Waals surface area contributed by atoms with Crippen LogP contribution in [-0.4, -0.2) is 28.2 Å². The molecule has 0 spiro atoms. The minimum atomic E-state index is -0.670. The van der Waals surface area contributed by atoms with Crippen molar-refractivity contribution < 1.29 is 24.2 Å². The largest absolute Gasteiger partial charge is 0.507 e. The smallest absolute Gasteiger partial charge is 0.347 e. The first-order valence-corrected chi connectivity index (χ1v) is 9.01. The molecule has 0 fully saturated rings. The van der Waals surface area contributed by atoms with Crippen molar-refractivity contribution in [2.45, 2.75) is 59.2 Å². The third-order valence-electron chi connectivity index (χ3n) is 5.25. The molecule has 6 nitrogen and oxygen atoms in total. The zero-order chi connectivity index (χ0) is 20.0. The molecule has 0 amide bonds. The van der Waals surface area contributed by atoms with Gasteiger partial charge in [-0.05, 0) is 44.9 Å². The van der Waals surface area contributed by atoms with Crippen LogP contribution >= 0.6 is 0 Å². The Morgan fingerprint density at radius 1 is 1.19 bits per heavy atom. The molecule has 0 unspecified atom stereocenters. The summed E-state index contributed by atoms with van der Waals surface area (Å²) in [5.74, 6) is -0.188. The number of aliphatic hydroxyl groups excluding tert-OH is 1. The molecule has 0 saturated carbocycles. The number of phenolic OH excluding ortho intramolecular Hbond substituents is 1. The third-order valence-corrected chi connectivity index (χ3v) is 5.25. The van der Waals surface area contributed by atoms with E-state index in [-0.39, 0.29) is 46.9 Å². The number of rotatable bonds is 3. The molecule has 2 aromatic rings. The highest BCUT2D eigenvalue weighted by molar-refractivity contribution is 5.98. The van der Waals surface area contributed by atoms with E-state index in [0.717, 1.165) is 0 Å². The Labute approximate surface area is 157 Å². The van der Waals surface area contributed by atoms with Crippen molar-refractivity contribution >= 4 is 22.5 Å². The van der Waals surface area contributed by atoms with Crippen LogP contribution in [0.2, 0.25) is 0 Å². The van der Waals surface area contributed by atoms with Crippen LogP contribution in [0.3, 0.4) is 0 Å². The Kier molecular flexibility index (Phi) is 4.86. The number of hydrogen-bond acceptors (Lipinski definition) is 6. The highest BCUT2D eigenvalue weighted by atomic mass is 16.5. The quantitative estimate of drug-likeness (QED) is 0.802. The second kappa shape index (κ2) is 6.85. The molecular formula is C21H24O6. The predicted octanol–water partition coefficient (Wildman–Crippen LogP) is 3.32. The fourth-order valence-electron chi connectivity index (χ4n) is 3.59. The van der Waals surface area contributed by atoms with Gasteiger partial charge in [0.2, 0.25) is 0 Å². The van der Waals surface area contributed by atoms with Gasteiger partial charge >= 0.3 is 5.63 Å². The van der Waals surface area contributed by atoms with Gasteiger partial charge in [-0.1, -0.05) is 6.92 Å². The summed E-state index contributed by atoms with van der Waals surface area (Å²) in [6, 6.07) is 1.63. The second-order valence-electron chi connectivity index (χ2n) is 7.34. The van der Waals surface area contributed by atoms with Gasteiger partial charge in [0, 0.05) is 29.4 Å². The average molecular weight is 372 g/mol. The molecule has 1 aliphatic heterocycles. The van der Waals surface area contributed by atoms with Gasteiger partial charge in [0.1, 0.15) is 28.8 Å². The Hall–Kier alpha value is -2.60. The van der Waals surface area contributed by atoms with E-state index >= 15 is 0 Å². The lowest BCUT2D eigenvalue weighted by atomic mass is 9.87. The molecule has 2 heterocycles. The highest BCUT2D eigenvalue weighted by Crippen LogP contribution is 2.39. The SMILES string of the molecule is Cc1c(O)c(C)c2oc(=O)c(C3=CC(=O)C[C@@H](C)O3)cc2c1[C@@H](C)[C@H](C)O. The van der Waals surface area contributed by atoms with Crippen LogP contribution in [-0.2, 0) is 9.53 Å².